The number of carbonyl (C=O) groups excluding carboxylic acids is 1. The number of anilines is 1. The minimum Gasteiger partial charge on any atom is -0.395 e. The molecule has 1 aliphatic rings. The summed E-state index contributed by atoms with van der Waals surface area (Å²) in [7, 11) is 0. The van der Waals surface area contributed by atoms with Gasteiger partial charge in [0.05, 0.1) is 11.4 Å². The zero-order chi connectivity index (χ0) is 13.4. The first-order chi connectivity index (χ1) is 9.16. The average Bonchev–Trinajstić information content (AvgIpc) is 2.71. The Morgan fingerprint density at radius 3 is 3.00 bits per heavy atom. The topological polar surface area (TPSA) is 83.8 Å². The van der Waals surface area contributed by atoms with Gasteiger partial charge in [0, 0.05) is 12.5 Å². The van der Waals surface area contributed by atoms with Crippen LogP contribution >= 0.6 is 0 Å². The van der Waals surface area contributed by atoms with Crippen molar-refractivity contribution in [2.24, 2.45) is 0 Å². The highest BCUT2D eigenvalue weighted by atomic mass is 16.1. The molecule has 1 unspecified atom stereocenters. The third-order valence-corrected chi connectivity index (χ3v) is 3.68. The number of hydrogen-bond acceptors (Lipinski definition) is 3. The molecule has 1 heterocycles. The number of hydrogen-bond donors (Lipinski definition) is 3. The van der Waals surface area contributed by atoms with E-state index in [9.17, 15) is 4.79 Å². The third kappa shape index (κ3) is 1.97. The van der Waals surface area contributed by atoms with Gasteiger partial charge in [0.1, 0.15) is 0 Å². The van der Waals surface area contributed by atoms with E-state index in [4.69, 9.17) is 5.73 Å². The third-order valence-electron chi connectivity index (χ3n) is 3.68. The van der Waals surface area contributed by atoms with Crippen molar-refractivity contribution in [1.82, 2.24) is 15.5 Å². The van der Waals surface area contributed by atoms with Crippen LogP contribution < -0.4 is 11.1 Å². The predicted molar refractivity (Wildman–Crippen MR) is 73.0 cm³/mol. The number of nitrogens with two attached hydrogens (primary N) is 1. The molecule has 1 atom stereocenters. The number of aromatic amines is 1. The van der Waals surface area contributed by atoms with Gasteiger partial charge in [-0.2, -0.15) is 5.10 Å². The number of amides is 1. The Hall–Kier alpha value is -2.30. The monoisotopic (exact) mass is 256 g/mol. The van der Waals surface area contributed by atoms with Crippen LogP contribution in [0.3, 0.4) is 0 Å². The van der Waals surface area contributed by atoms with E-state index in [1.807, 2.05) is 12.1 Å². The van der Waals surface area contributed by atoms with Crippen LogP contribution in [0.2, 0.25) is 0 Å². The number of nitrogen functional groups attached to an aromatic ring is 1. The molecule has 0 bridgehead atoms. The summed E-state index contributed by atoms with van der Waals surface area (Å²) >= 11 is 0. The standard InChI is InChI=1S/C14H16N4O/c1-8-12(15)13(18-17-8)14(19)16-7-10-6-9-4-2-3-5-11(9)10/h2-5,10H,6-7,15H2,1H3,(H,16,19)(H,17,18). The number of aryl methyl sites for hydroxylation is 1. The smallest absolute Gasteiger partial charge is 0.273 e. The number of benzene rings is 1. The quantitative estimate of drug-likeness (QED) is 0.775. The van der Waals surface area contributed by atoms with Crippen LogP contribution in [0, 0.1) is 6.92 Å². The molecule has 1 aliphatic carbocycles. The van der Waals surface area contributed by atoms with E-state index < -0.39 is 0 Å². The van der Waals surface area contributed by atoms with E-state index in [2.05, 4.69) is 27.6 Å². The second-order valence-corrected chi connectivity index (χ2v) is 4.92. The molecule has 4 N–H and O–H groups in total. The fourth-order valence-corrected chi connectivity index (χ4v) is 2.46. The maximum Gasteiger partial charge on any atom is 0.273 e. The minimum atomic E-state index is -0.216. The molecule has 19 heavy (non-hydrogen) atoms. The molecule has 1 aromatic carbocycles. The lowest BCUT2D eigenvalue weighted by atomic mass is 9.77. The largest absolute Gasteiger partial charge is 0.395 e. The predicted octanol–water partition coefficient (Wildman–Crippen LogP) is 1.37. The van der Waals surface area contributed by atoms with Gasteiger partial charge in [0.2, 0.25) is 0 Å². The molecule has 98 valence electrons. The van der Waals surface area contributed by atoms with E-state index >= 15 is 0 Å². The van der Waals surface area contributed by atoms with Crippen LogP contribution in [0.4, 0.5) is 5.69 Å². The zero-order valence-corrected chi connectivity index (χ0v) is 10.7. The molecule has 0 saturated heterocycles. The number of nitrogens with zero attached hydrogens (tertiary/aromatic N) is 1. The first kappa shape index (κ1) is 11.8. The number of fused-ring (bicyclic) bond motifs is 1. The van der Waals surface area contributed by atoms with E-state index in [1.165, 1.54) is 11.1 Å². The minimum absolute atomic E-state index is 0.216. The second kappa shape index (κ2) is 4.42. The molecule has 1 aromatic heterocycles. The number of nitrogens with one attached hydrogen (secondary N) is 2. The normalized spacial score (nSPS) is 16.6. The summed E-state index contributed by atoms with van der Waals surface area (Å²) in [5, 5.41) is 9.53. The van der Waals surface area contributed by atoms with Crippen LogP contribution in [0.25, 0.3) is 0 Å². The number of rotatable bonds is 3. The molecule has 0 saturated carbocycles. The van der Waals surface area contributed by atoms with E-state index in [-0.39, 0.29) is 11.6 Å². The van der Waals surface area contributed by atoms with Gasteiger partial charge in [0.15, 0.2) is 5.69 Å². The van der Waals surface area contributed by atoms with E-state index in [0.29, 0.717) is 18.2 Å². The molecular weight excluding hydrogens is 240 g/mol. The molecule has 2 aromatic rings. The van der Waals surface area contributed by atoms with Crippen molar-refractivity contribution < 1.29 is 4.79 Å². The number of aromatic nitrogens is 2. The Balaban J connectivity index is 1.63. The summed E-state index contributed by atoms with van der Waals surface area (Å²) in [5.74, 6) is 0.188. The van der Waals surface area contributed by atoms with E-state index in [1.54, 1.807) is 6.92 Å². The molecule has 1 amide bonds. The van der Waals surface area contributed by atoms with Crippen LogP contribution in [0.5, 0.6) is 0 Å². The fourth-order valence-electron chi connectivity index (χ4n) is 2.46. The van der Waals surface area contributed by atoms with Gasteiger partial charge in [0.25, 0.3) is 5.91 Å². The highest BCUT2D eigenvalue weighted by Crippen LogP contribution is 2.34. The van der Waals surface area contributed by atoms with Gasteiger partial charge in [-0.1, -0.05) is 24.3 Å². The summed E-state index contributed by atoms with van der Waals surface area (Å²) in [6.07, 6.45) is 1.02. The molecule has 3 rings (SSSR count). The van der Waals surface area contributed by atoms with Crippen molar-refractivity contribution in [1.29, 1.82) is 0 Å². The first-order valence-electron chi connectivity index (χ1n) is 6.33. The van der Waals surface area contributed by atoms with Gasteiger partial charge < -0.3 is 11.1 Å². The molecule has 0 radical (unpaired) electrons. The average molecular weight is 256 g/mol. The van der Waals surface area contributed by atoms with Crippen molar-refractivity contribution in [3.63, 3.8) is 0 Å². The first-order valence-corrected chi connectivity index (χ1v) is 6.33. The summed E-state index contributed by atoms with van der Waals surface area (Å²) in [6, 6.07) is 8.31. The number of H-pyrrole nitrogens is 1. The van der Waals surface area contributed by atoms with Crippen LogP contribution in [-0.2, 0) is 6.42 Å². The molecule has 0 aliphatic heterocycles. The van der Waals surface area contributed by atoms with Gasteiger partial charge in [-0.3, -0.25) is 9.89 Å². The van der Waals surface area contributed by atoms with Gasteiger partial charge in [-0.15, -0.1) is 0 Å². The Morgan fingerprint density at radius 1 is 1.53 bits per heavy atom. The van der Waals surface area contributed by atoms with Crippen molar-refractivity contribution in [2.75, 3.05) is 12.3 Å². The number of carbonyl (C=O) groups is 1. The second-order valence-electron chi connectivity index (χ2n) is 4.92. The lowest BCUT2D eigenvalue weighted by molar-refractivity contribution is 0.0946. The van der Waals surface area contributed by atoms with Crippen LogP contribution in [0.15, 0.2) is 24.3 Å². The van der Waals surface area contributed by atoms with Crippen molar-refractivity contribution in [3.8, 4) is 0 Å². The summed E-state index contributed by atoms with van der Waals surface area (Å²) in [4.78, 5) is 12.0. The molecular formula is C14H16N4O. The van der Waals surface area contributed by atoms with Gasteiger partial charge in [-0.05, 0) is 24.5 Å². The van der Waals surface area contributed by atoms with Crippen molar-refractivity contribution >= 4 is 11.6 Å². The molecule has 0 spiro atoms. The summed E-state index contributed by atoms with van der Waals surface area (Å²) < 4.78 is 0. The van der Waals surface area contributed by atoms with Crippen LogP contribution in [-0.4, -0.2) is 22.6 Å². The maximum atomic E-state index is 12.0. The van der Waals surface area contributed by atoms with Crippen molar-refractivity contribution in [2.45, 2.75) is 19.3 Å². The Kier molecular flexibility index (Phi) is 2.74. The van der Waals surface area contributed by atoms with Gasteiger partial charge >= 0.3 is 0 Å². The zero-order valence-electron chi connectivity index (χ0n) is 10.7. The highest BCUT2D eigenvalue weighted by Gasteiger charge is 2.26. The maximum absolute atomic E-state index is 12.0. The summed E-state index contributed by atoms with van der Waals surface area (Å²) in [6.45, 7) is 2.42. The van der Waals surface area contributed by atoms with Crippen molar-refractivity contribution in [3.05, 3.63) is 46.8 Å². The Morgan fingerprint density at radius 2 is 2.32 bits per heavy atom. The lowest BCUT2D eigenvalue weighted by Gasteiger charge is -2.30. The van der Waals surface area contributed by atoms with Gasteiger partial charge in [-0.25, -0.2) is 0 Å². The van der Waals surface area contributed by atoms with E-state index in [0.717, 1.165) is 12.1 Å². The summed E-state index contributed by atoms with van der Waals surface area (Å²) in [5.41, 5.74) is 9.90. The highest BCUT2D eigenvalue weighted by molar-refractivity contribution is 5.97. The lowest BCUT2D eigenvalue weighted by Crippen LogP contribution is -2.33. The van der Waals surface area contributed by atoms with Crippen LogP contribution in [0.1, 0.15) is 33.2 Å². The molecule has 5 nitrogen and oxygen atoms in total. The SMILES string of the molecule is Cc1[nH]nc(C(=O)NCC2Cc3ccccc32)c1N. The molecule has 5 heteroatoms. The molecule has 0 fully saturated rings. The Labute approximate surface area is 111 Å². The Bertz CT molecular complexity index is 632. The fraction of sp³-hybridized carbons (Fsp3) is 0.286.